The number of carbonyl (C=O) groups is 1. The lowest BCUT2D eigenvalue weighted by molar-refractivity contribution is 0.0937. The van der Waals surface area contributed by atoms with Gasteiger partial charge in [0.1, 0.15) is 0 Å². The second kappa shape index (κ2) is 9.94. The number of hydrogen-bond donors (Lipinski definition) is 1. The van der Waals surface area contributed by atoms with Crippen LogP contribution < -0.4 is 5.32 Å². The monoisotopic (exact) mass is 441 g/mol. The molecule has 2 aliphatic heterocycles. The molecule has 1 amide bonds. The lowest BCUT2D eigenvalue weighted by Crippen LogP contribution is -2.37. The summed E-state index contributed by atoms with van der Waals surface area (Å²) in [7, 11) is -3.56. The third-order valence-electron chi connectivity index (χ3n) is 6.27. The van der Waals surface area contributed by atoms with Crippen molar-refractivity contribution in [2.75, 3.05) is 32.7 Å². The molecule has 0 saturated carbocycles. The Balaban J connectivity index is 1.47. The first kappa shape index (κ1) is 22.0. The van der Waals surface area contributed by atoms with E-state index in [4.69, 9.17) is 0 Å². The zero-order valence-electron chi connectivity index (χ0n) is 17.9. The fourth-order valence-electron chi connectivity index (χ4n) is 4.53. The van der Waals surface area contributed by atoms with Crippen molar-refractivity contribution in [3.63, 3.8) is 0 Å². The number of piperidine rings is 1. The first-order valence-electron chi connectivity index (χ1n) is 11.2. The van der Waals surface area contributed by atoms with E-state index in [1.165, 1.54) is 28.8 Å². The summed E-state index contributed by atoms with van der Waals surface area (Å²) in [6, 6.07) is 16.8. The number of hydrogen-bond acceptors (Lipinski definition) is 4. The summed E-state index contributed by atoms with van der Waals surface area (Å²) in [5.74, 6) is -0.240. The SMILES string of the molecule is O=C(NC[C@H](c1ccccc1)N1CCCC1)c1cccc(S(=O)(=O)N2CCCCC2)c1. The maximum atomic E-state index is 13.0. The highest BCUT2D eigenvalue weighted by Crippen LogP contribution is 2.25. The van der Waals surface area contributed by atoms with Crippen molar-refractivity contribution in [3.8, 4) is 0 Å². The number of sulfonamides is 1. The predicted octanol–water partition coefficient (Wildman–Crippen LogP) is 3.43. The van der Waals surface area contributed by atoms with E-state index in [0.717, 1.165) is 32.4 Å². The molecule has 0 bridgehead atoms. The number of benzene rings is 2. The van der Waals surface area contributed by atoms with Gasteiger partial charge in [0.25, 0.3) is 5.91 Å². The third kappa shape index (κ3) is 5.17. The maximum absolute atomic E-state index is 13.0. The first-order chi connectivity index (χ1) is 15.1. The summed E-state index contributed by atoms with van der Waals surface area (Å²) in [4.78, 5) is 15.5. The standard InChI is InChI=1S/C24H31N3O3S/c28-24(25-19-23(26-14-7-8-15-26)20-10-3-1-4-11-20)21-12-9-13-22(18-21)31(29,30)27-16-5-2-6-17-27/h1,3-4,9-13,18,23H,2,5-8,14-17,19H2,(H,25,28)/t23-/m1/s1. The number of likely N-dealkylation sites (tertiary alicyclic amines) is 1. The molecule has 0 spiro atoms. The van der Waals surface area contributed by atoms with Crippen molar-refractivity contribution in [1.82, 2.24) is 14.5 Å². The lowest BCUT2D eigenvalue weighted by Gasteiger charge is -2.28. The molecule has 2 heterocycles. The van der Waals surface area contributed by atoms with E-state index in [1.54, 1.807) is 18.2 Å². The van der Waals surface area contributed by atoms with Crippen LogP contribution in [0.4, 0.5) is 0 Å². The van der Waals surface area contributed by atoms with Crippen LogP contribution >= 0.6 is 0 Å². The summed E-state index contributed by atoms with van der Waals surface area (Å²) in [5.41, 5.74) is 1.57. The summed E-state index contributed by atoms with van der Waals surface area (Å²) in [5, 5.41) is 3.04. The van der Waals surface area contributed by atoms with Crippen molar-refractivity contribution in [2.45, 2.75) is 43.0 Å². The number of nitrogens with one attached hydrogen (secondary N) is 1. The van der Waals surface area contributed by atoms with Crippen molar-refractivity contribution in [1.29, 1.82) is 0 Å². The Hall–Kier alpha value is -2.22. The molecule has 166 valence electrons. The van der Waals surface area contributed by atoms with Gasteiger partial charge in [-0.2, -0.15) is 4.31 Å². The molecule has 2 aromatic carbocycles. The minimum Gasteiger partial charge on any atom is -0.350 e. The topological polar surface area (TPSA) is 69.7 Å². The normalized spacial score (nSPS) is 19.2. The number of carbonyl (C=O) groups excluding carboxylic acids is 1. The van der Waals surface area contributed by atoms with E-state index in [2.05, 4.69) is 22.3 Å². The van der Waals surface area contributed by atoms with Gasteiger partial charge in [-0.05, 0) is 62.5 Å². The lowest BCUT2D eigenvalue weighted by atomic mass is 10.1. The highest BCUT2D eigenvalue weighted by molar-refractivity contribution is 7.89. The van der Waals surface area contributed by atoms with Crippen LogP contribution in [0, 0.1) is 0 Å². The number of nitrogens with zero attached hydrogens (tertiary/aromatic N) is 2. The molecule has 0 unspecified atom stereocenters. The van der Waals surface area contributed by atoms with Crippen molar-refractivity contribution < 1.29 is 13.2 Å². The summed E-state index contributed by atoms with van der Waals surface area (Å²) < 4.78 is 27.5. The highest BCUT2D eigenvalue weighted by atomic mass is 32.2. The van der Waals surface area contributed by atoms with Crippen LogP contribution in [0.15, 0.2) is 59.5 Å². The third-order valence-corrected chi connectivity index (χ3v) is 8.17. The van der Waals surface area contributed by atoms with Gasteiger partial charge in [-0.1, -0.05) is 42.8 Å². The van der Waals surface area contributed by atoms with Crippen LogP contribution in [0.2, 0.25) is 0 Å². The van der Waals surface area contributed by atoms with Gasteiger partial charge >= 0.3 is 0 Å². The molecule has 7 heteroatoms. The summed E-state index contributed by atoms with van der Waals surface area (Å²) in [6.45, 7) is 3.64. The Labute approximate surface area is 185 Å². The van der Waals surface area contributed by atoms with Gasteiger partial charge in [0.2, 0.25) is 10.0 Å². The largest absolute Gasteiger partial charge is 0.350 e. The fraction of sp³-hybridized carbons (Fsp3) is 0.458. The molecule has 4 rings (SSSR count). The van der Waals surface area contributed by atoms with Gasteiger partial charge in [-0.3, -0.25) is 9.69 Å². The second-order valence-electron chi connectivity index (χ2n) is 8.37. The van der Waals surface area contributed by atoms with Gasteiger partial charge in [-0.15, -0.1) is 0 Å². The molecule has 6 nitrogen and oxygen atoms in total. The smallest absolute Gasteiger partial charge is 0.251 e. The molecule has 31 heavy (non-hydrogen) atoms. The van der Waals surface area contributed by atoms with Gasteiger partial charge in [-0.25, -0.2) is 8.42 Å². The number of rotatable bonds is 7. The van der Waals surface area contributed by atoms with Gasteiger partial charge < -0.3 is 5.32 Å². The van der Waals surface area contributed by atoms with Crippen LogP contribution in [-0.2, 0) is 10.0 Å². The molecule has 2 fully saturated rings. The Morgan fingerprint density at radius 1 is 0.871 bits per heavy atom. The minimum atomic E-state index is -3.56. The number of amides is 1. The summed E-state index contributed by atoms with van der Waals surface area (Å²) in [6.07, 6.45) is 5.18. The average molecular weight is 442 g/mol. The highest BCUT2D eigenvalue weighted by Gasteiger charge is 2.27. The van der Waals surface area contributed by atoms with Gasteiger partial charge in [0.15, 0.2) is 0 Å². The average Bonchev–Trinajstić information content (AvgIpc) is 3.35. The van der Waals surface area contributed by atoms with Crippen LogP contribution in [0.5, 0.6) is 0 Å². The molecule has 2 aliphatic rings. The quantitative estimate of drug-likeness (QED) is 0.715. The first-order valence-corrected chi connectivity index (χ1v) is 12.7. The molecular formula is C24H31N3O3S. The Bertz CT molecular complexity index is 982. The Morgan fingerprint density at radius 3 is 2.26 bits per heavy atom. The molecule has 0 aromatic heterocycles. The van der Waals surface area contributed by atoms with Crippen LogP contribution in [0.1, 0.15) is 54.1 Å². The molecule has 2 saturated heterocycles. The molecule has 2 aromatic rings. The van der Waals surface area contributed by atoms with Crippen molar-refractivity contribution >= 4 is 15.9 Å². The Morgan fingerprint density at radius 2 is 1.55 bits per heavy atom. The van der Waals surface area contributed by atoms with Crippen LogP contribution in [0.3, 0.4) is 0 Å². The van der Waals surface area contributed by atoms with E-state index in [9.17, 15) is 13.2 Å². The summed E-state index contributed by atoms with van der Waals surface area (Å²) >= 11 is 0. The van der Waals surface area contributed by atoms with Crippen LogP contribution in [-0.4, -0.2) is 56.3 Å². The molecule has 1 N–H and O–H groups in total. The van der Waals surface area contributed by atoms with Gasteiger partial charge in [0.05, 0.1) is 10.9 Å². The Kier molecular flexibility index (Phi) is 7.05. The van der Waals surface area contributed by atoms with Gasteiger partial charge in [0, 0.05) is 25.2 Å². The minimum absolute atomic E-state index is 0.118. The van der Waals surface area contributed by atoms with E-state index in [0.29, 0.717) is 25.2 Å². The predicted molar refractivity (Wildman–Crippen MR) is 121 cm³/mol. The van der Waals surface area contributed by atoms with Crippen LogP contribution in [0.25, 0.3) is 0 Å². The van der Waals surface area contributed by atoms with E-state index in [1.807, 2.05) is 18.2 Å². The van der Waals surface area contributed by atoms with Crippen molar-refractivity contribution in [2.24, 2.45) is 0 Å². The van der Waals surface area contributed by atoms with Crippen molar-refractivity contribution in [3.05, 3.63) is 65.7 Å². The second-order valence-corrected chi connectivity index (χ2v) is 10.3. The zero-order chi connectivity index (χ0) is 21.7. The molecule has 1 atom stereocenters. The van der Waals surface area contributed by atoms with E-state index < -0.39 is 10.0 Å². The molecular weight excluding hydrogens is 410 g/mol. The fourth-order valence-corrected chi connectivity index (χ4v) is 6.09. The maximum Gasteiger partial charge on any atom is 0.251 e. The van der Waals surface area contributed by atoms with E-state index in [-0.39, 0.29) is 16.8 Å². The zero-order valence-corrected chi connectivity index (χ0v) is 18.7. The molecule has 0 aliphatic carbocycles. The molecule has 0 radical (unpaired) electrons. The van der Waals surface area contributed by atoms with E-state index >= 15 is 0 Å².